The van der Waals surface area contributed by atoms with Gasteiger partial charge in [-0.1, -0.05) is 36.4 Å². The first-order valence-electron chi connectivity index (χ1n) is 8.00. The highest BCUT2D eigenvalue weighted by Gasteiger charge is 2.18. The molecule has 0 fully saturated rings. The van der Waals surface area contributed by atoms with E-state index < -0.39 is 4.92 Å². The number of hydrogen-bond acceptors (Lipinski definition) is 5. The SMILES string of the molecule is Cc1ccc([N+](=O)[O-])cc1NC(=O)c1sc(Cc2ccccc2)nc1C. The van der Waals surface area contributed by atoms with E-state index in [1.165, 1.54) is 23.5 Å². The number of aromatic nitrogens is 1. The second kappa shape index (κ2) is 7.45. The predicted octanol–water partition coefficient (Wildman–Crippen LogP) is 4.51. The molecular formula is C19H17N3O3S. The molecular weight excluding hydrogens is 350 g/mol. The first-order chi connectivity index (χ1) is 12.4. The number of hydrogen-bond donors (Lipinski definition) is 1. The summed E-state index contributed by atoms with van der Waals surface area (Å²) in [5.74, 6) is -0.303. The minimum absolute atomic E-state index is 0.0586. The number of amides is 1. The van der Waals surface area contributed by atoms with Crippen molar-refractivity contribution in [2.24, 2.45) is 0 Å². The number of nitrogens with one attached hydrogen (secondary N) is 1. The van der Waals surface area contributed by atoms with E-state index in [1.807, 2.05) is 30.3 Å². The van der Waals surface area contributed by atoms with Gasteiger partial charge in [0.1, 0.15) is 4.88 Å². The summed E-state index contributed by atoms with van der Waals surface area (Å²) >= 11 is 1.34. The van der Waals surface area contributed by atoms with Crippen molar-refractivity contribution < 1.29 is 9.72 Å². The van der Waals surface area contributed by atoms with Crippen LogP contribution in [0.15, 0.2) is 48.5 Å². The normalized spacial score (nSPS) is 10.5. The fourth-order valence-electron chi connectivity index (χ4n) is 2.55. The van der Waals surface area contributed by atoms with Gasteiger partial charge in [0.15, 0.2) is 0 Å². The Labute approximate surface area is 154 Å². The molecule has 0 saturated heterocycles. The zero-order valence-electron chi connectivity index (χ0n) is 14.4. The summed E-state index contributed by atoms with van der Waals surface area (Å²) in [6.07, 6.45) is 0.662. The van der Waals surface area contributed by atoms with Crippen LogP contribution in [0.3, 0.4) is 0 Å². The number of carbonyl (C=O) groups is 1. The maximum Gasteiger partial charge on any atom is 0.271 e. The average Bonchev–Trinajstić information content (AvgIpc) is 2.98. The van der Waals surface area contributed by atoms with Gasteiger partial charge in [-0.15, -0.1) is 11.3 Å². The van der Waals surface area contributed by atoms with E-state index in [0.29, 0.717) is 22.7 Å². The number of non-ortho nitro benzene ring substituents is 1. The summed E-state index contributed by atoms with van der Waals surface area (Å²) in [6.45, 7) is 3.58. The Bertz CT molecular complexity index is 967. The second-order valence-electron chi connectivity index (χ2n) is 5.89. The number of anilines is 1. The minimum atomic E-state index is -0.481. The van der Waals surface area contributed by atoms with E-state index >= 15 is 0 Å². The Morgan fingerprint density at radius 3 is 2.62 bits per heavy atom. The van der Waals surface area contributed by atoms with E-state index in [1.54, 1.807) is 19.9 Å². The summed E-state index contributed by atoms with van der Waals surface area (Å²) in [5.41, 5.74) is 2.91. The molecule has 0 radical (unpaired) electrons. The van der Waals surface area contributed by atoms with Gasteiger partial charge in [-0.05, 0) is 25.0 Å². The van der Waals surface area contributed by atoms with E-state index in [0.717, 1.165) is 16.1 Å². The van der Waals surface area contributed by atoms with Crippen molar-refractivity contribution in [3.63, 3.8) is 0 Å². The number of thiazole rings is 1. The third-order valence-corrected chi connectivity index (χ3v) is 5.08. The van der Waals surface area contributed by atoms with Gasteiger partial charge in [-0.2, -0.15) is 0 Å². The van der Waals surface area contributed by atoms with Crippen LogP contribution < -0.4 is 5.32 Å². The van der Waals surface area contributed by atoms with Gasteiger partial charge in [0.05, 0.1) is 21.3 Å². The number of benzene rings is 2. The van der Waals surface area contributed by atoms with Gasteiger partial charge in [-0.3, -0.25) is 14.9 Å². The minimum Gasteiger partial charge on any atom is -0.321 e. The fourth-order valence-corrected chi connectivity index (χ4v) is 3.54. The largest absolute Gasteiger partial charge is 0.321 e. The van der Waals surface area contributed by atoms with Crippen LogP contribution >= 0.6 is 11.3 Å². The molecule has 0 bridgehead atoms. The molecule has 7 heteroatoms. The molecule has 0 spiro atoms. The van der Waals surface area contributed by atoms with Gasteiger partial charge in [0.25, 0.3) is 11.6 Å². The lowest BCUT2D eigenvalue weighted by Crippen LogP contribution is -2.12. The van der Waals surface area contributed by atoms with Crippen LogP contribution in [-0.4, -0.2) is 15.8 Å². The van der Waals surface area contributed by atoms with Crippen molar-refractivity contribution in [2.45, 2.75) is 20.3 Å². The highest BCUT2D eigenvalue weighted by atomic mass is 32.1. The fraction of sp³-hybridized carbons (Fsp3) is 0.158. The van der Waals surface area contributed by atoms with Gasteiger partial charge in [0, 0.05) is 18.6 Å². The molecule has 0 aliphatic carbocycles. The van der Waals surface area contributed by atoms with Crippen LogP contribution in [0.1, 0.15) is 31.5 Å². The van der Waals surface area contributed by atoms with E-state index in [2.05, 4.69) is 10.3 Å². The maximum atomic E-state index is 12.6. The molecule has 0 aliphatic heterocycles. The van der Waals surface area contributed by atoms with Crippen LogP contribution in [0.2, 0.25) is 0 Å². The molecule has 1 amide bonds. The topological polar surface area (TPSA) is 85.1 Å². The van der Waals surface area contributed by atoms with Crippen molar-refractivity contribution in [3.05, 3.63) is 85.4 Å². The van der Waals surface area contributed by atoms with Crippen molar-refractivity contribution in [1.82, 2.24) is 4.98 Å². The molecule has 0 atom stereocenters. The van der Waals surface area contributed by atoms with Crippen LogP contribution in [0, 0.1) is 24.0 Å². The third-order valence-electron chi connectivity index (χ3n) is 3.93. The second-order valence-corrected chi connectivity index (χ2v) is 6.98. The molecule has 1 N–H and O–H groups in total. The Morgan fingerprint density at radius 1 is 1.19 bits per heavy atom. The van der Waals surface area contributed by atoms with Crippen LogP contribution in [0.4, 0.5) is 11.4 Å². The highest BCUT2D eigenvalue weighted by Crippen LogP contribution is 2.25. The van der Waals surface area contributed by atoms with Gasteiger partial charge in [0.2, 0.25) is 0 Å². The summed E-state index contributed by atoms with van der Waals surface area (Å²) in [6, 6.07) is 14.3. The monoisotopic (exact) mass is 367 g/mol. The van der Waals surface area contributed by atoms with Crippen molar-refractivity contribution in [2.75, 3.05) is 5.32 Å². The summed E-state index contributed by atoms with van der Waals surface area (Å²) in [4.78, 5) is 28.1. The van der Waals surface area contributed by atoms with Crippen LogP contribution in [0.25, 0.3) is 0 Å². The molecule has 26 heavy (non-hydrogen) atoms. The zero-order chi connectivity index (χ0) is 18.7. The summed E-state index contributed by atoms with van der Waals surface area (Å²) < 4.78 is 0. The third kappa shape index (κ3) is 3.94. The van der Waals surface area contributed by atoms with Crippen LogP contribution in [0.5, 0.6) is 0 Å². The van der Waals surface area contributed by atoms with E-state index in [-0.39, 0.29) is 11.6 Å². The standard InChI is InChI=1S/C19H17N3O3S/c1-12-8-9-15(22(24)25)11-16(12)21-19(23)18-13(2)20-17(26-18)10-14-6-4-3-5-7-14/h3-9,11H,10H2,1-2H3,(H,21,23). The molecule has 1 aromatic heterocycles. The predicted molar refractivity (Wildman–Crippen MR) is 102 cm³/mol. The lowest BCUT2D eigenvalue weighted by Gasteiger charge is -2.07. The van der Waals surface area contributed by atoms with Crippen LogP contribution in [-0.2, 0) is 6.42 Å². The molecule has 3 rings (SSSR count). The molecule has 3 aromatic rings. The van der Waals surface area contributed by atoms with Crippen molar-refractivity contribution in [1.29, 1.82) is 0 Å². The van der Waals surface area contributed by atoms with E-state index in [9.17, 15) is 14.9 Å². The van der Waals surface area contributed by atoms with Crippen molar-refractivity contribution >= 4 is 28.6 Å². The number of carbonyl (C=O) groups excluding carboxylic acids is 1. The zero-order valence-corrected chi connectivity index (χ0v) is 15.2. The Morgan fingerprint density at radius 2 is 1.92 bits per heavy atom. The number of nitro benzene ring substituents is 1. The highest BCUT2D eigenvalue weighted by molar-refractivity contribution is 7.14. The average molecular weight is 367 g/mol. The summed E-state index contributed by atoms with van der Waals surface area (Å²) in [5, 5.41) is 14.6. The number of rotatable bonds is 5. The number of nitro groups is 1. The first kappa shape index (κ1) is 17.8. The smallest absolute Gasteiger partial charge is 0.271 e. The first-order valence-corrected chi connectivity index (χ1v) is 8.82. The Hall–Kier alpha value is -3.06. The molecule has 2 aromatic carbocycles. The maximum absolute atomic E-state index is 12.6. The van der Waals surface area contributed by atoms with Gasteiger partial charge < -0.3 is 5.32 Å². The number of nitrogens with zero attached hydrogens (tertiary/aromatic N) is 2. The van der Waals surface area contributed by atoms with E-state index in [4.69, 9.17) is 0 Å². The molecule has 0 unspecified atom stereocenters. The van der Waals surface area contributed by atoms with Crippen molar-refractivity contribution in [3.8, 4) is 0 Å². The number of aryl methyl sites for hydroxylation is 2. The lowest BCUT2D eigenvalue weighted by atomic mass is 10.1. The summed E-state index contributed by atoms with van der Waals surface area (Å²) in [7, 11) is 0. The molecule has 0 aliphatic rings. The lowest BCUT2D eigenvalue weighted by molar-refractivity contribution is -0.384. The van der Waals surface area contributed by atoms with Gasteiger partial charge in [-0.25, -0.2) is 4.98 Å². The Balaban J connectivity index is 1.80. The molecule has 1 heterocycles. The molecule has 132 valence electrons. The Kier molecular flexibility index (Phi) is 5.09. The quantitative estimate of drug-likeness (QED) is 0.531. The molecule has 6 nitrogen and oxygen atoms in total. The van der Waals surface area contributed by atoms with Gasteiger partial charge >= 0.3 is 0 Å². The molecule has 0 saturated carbocycles.